The minimum absolute atomic E-state index is 0.260. The molecule has 1 amide bonds. The Kier molecular flexibility index (Phi) is 7.32. The van der Waals surface area contributed by atoms with E-state index in [9.17, 15) is 13.2 Å². The molecule has 6 nitrogen and oxygen atoms in total. The van der Waals surface area contributed by atoms with Crippen molar-refractivity contribution in [1.29, 1.82) is 0 Å². The Labute approximate surface area is 181 Å². The molecule has 1 heterocycles. The van der Waals surface area contributed by atoms with Gasteiger partial charge in [-0.15, -0.1) is 0 Å². The molecule has 0 aliphatic carbocycles. The average Bonchev–Trinajstić information content (AvgIpc) is 3.17. The van der Waals surface area contributed by atoms with Gasteiger partial charge in [0.25, 0.3) is 0 Å². The van der Waals surface area contributed by atoms with Gasteiger partial charge in [-0.3, -0.25) is 14.0 Å². The number of carbonyl (C=O) groups excluding carboxylic acids is 1. The highest BCUT2D eigenvalue weighted by Crippen LogP contribution is 2.22. The van der Waals surface area contributed by atoms with Gasteiger partial charge in [0, 0.05) is 17.6 Å². The van der Waals surface area contributed by atoms with Gasteiger partial charge < -0.3 is 5.32 Å². The highest BCUT2D eigenvalue weighted by molar-refractivity contribution is 9.10. The second-order valence-corrected chi connectivity index (χ2v) is 10.1. The summed E-state index contributed by atoms with van der Waals surface area (Å²) in [5.74, 6) is -0.341. The van der Waals surface area contributed by atoms with Gasteiger partial charge in [0.15, 0.2) is 0 Å². The Bertz CT molecular complexity index is 959. The summed E-state index contributed by atoms with van der Waals surface area (Å²) in [5.41, 5.74) is 2.70. The van der Waals surface area contributed by atoms with Crippen molar-refractivity contribution in [2.75, 3.05) is 30.2 Å². The van der Waals surface area contributed by atoms with Crippen LogP contribution in [0.1, 0.15) is 24.0 Å². The van der Waals surface area contributed by atoms with Crippen LogP contribution in [0.15, 0.2) is 53.0 Å². The molecule has 1 aliphatic heterocycles. The number of hydrogen-bond donors (Lipinski definition) is 1. The number of nitrogens with zero attached hydrogens (tertiary/aromatic N) is 2. The number of sulfonamides is 1. The van der Waals surface area contributed by atoms with Crippen LogP contribution in [0.3, 0.4) is 0 Å². The second kappa shape index (κ2) is 9.73. The molecular formula is C21H26BrN3O3S. The zero-order chi connectivity index (χ0) is 20.9. The van der Waals surface area contributed by atoms with E-state index in [0.29, 0.717) is 12.2 Å². The summed E-state index contributed by atoms with van der Waals surface area (Å²) in [6.45, 7) is 3.20. The first-order chi connectivity index (χ1) is 13.8. The molecule has 0 spiro atoms. The first-order valence-corrected chi connectivity index (χ1v) is 12.3. The smallest absolute Gasteiger partial charge is 0.241 e. The van der Waals surface area contributed by atoms with Crippen LogP contribution in [-0.2, 0) is 27.9 Å². The van der Waals surface area contributed by atoms with Crippen molar-refractivity contribution < 1.29 is 13.2 Å². The zero-order valence-corrected chi connectivity index (χ0v) is 18.9. The molecule has 0 aromatic heterocycles. The molecule has 0 bridgehead atoms. The largest absolute Gasteiger partial charge is 0.350 e. The number of halogens is 1. The number of hydrogen-bond acceptors (Lipinski definition) is 4. The third-order valence-electron chi connectivity index (χ3n) is 4.97. The molecule has 2 aromatic carbocycles. The van der Waals surface area contributed by atoms with Gasteiger partial charge in [-0.1, -0.05) is 46.3 Å². The Morgan fingerprint density at radius 3 is 2.45 bits per heavy atom. The molecule has 0 radical (unpaired) electrons. The number of nitrogens with one attached hydrogen (secondary N) is 1. The quantitative estimate of drug-likeness (QED) is 0.631. The van der Waals surface area contributed by atoms with E-state index in [1.165, 1.54) is 18.4 Å². The molecule has 1 aliphatic rings. The maximum atomic E-state index is 12.5. The van der Waals surface area contributed by atoms with Crippen molar-refractivity contribution >= 4 is 37.5 Å². The predicted octanol–water partition coefficient (Wildman–Crippen LogP) is 3.13. The fourth-order valence-corrected chi connectivity index (χ4v) is 4.71. The number of amides is 1. The monoisotopic (exact) mass is 479 g/mol. The summed E-state index contributed by atoms with van der Waals surface area (Å²) in [4.78, 5) is 15.0. The maximum absolute atomic E-state index is 12.5. The van der Waals surface area contributed by atoms with Crippen LogP contribution in [-0.4, -0.2) is 45.1 Å². The van der Waals surface area contributed by atoms with Crippen LogP contribution in [0, 0.1) is 0 Å². The minimum atomic E-state index is -3.59. The lowest BCUT2D eigenvalue weighted by Gasteiger charge is -2.22. The zero-order valence-electron chi connectivity index (χ0n) is 16.5. The predicted molar refractivity (Wildman–Crippen MR) is 119 cm³/mol. The first kappa shape index (κ1) is 21.8. The fraction of sp³-hybridized carbons (Fsp3) is 0.381. The van der Waals surface area contributed by atoms with Gasteiger partial charge in [-0.25, -0.2) is 8.42 Å². The molecule has 2 aromatic rings. The molecular weight excluding hydrogens is 454 g/mol. The molecule has 0 atom stereocenters. The SMILES string of the molecule is CS(=O)(=O)N(CC(=O)NCc1ccccc1CN1CCCC1)c1cccc(Br)c1. The lowest BCUT2D eigenvalue weighted by atomic mass is 10.1. The minimum Gasteiger partial charge on any atom is -0.350 e. The van der Waals surface area contributed by atoms with Crippen LogP contribution >= 0.6 is 15.9 Å². The molecule has 0 unspecified atom stereocenters. The van der Waals surface area contributed by atoms with Gasteiger partial charge in [0.2, 0.25) is 15.9 Å². The van der Waals surface area contributed by atoms with E-state index in [1.807, 2.05) is 18.2 Å². The number of carbonyl (C=O) groups is 1. The topological polar surface area (TPSA) is 69.7 Å². The van der Waals surface area contributed by atoms with Crippen LogP contribution in [0.25, 0.3) is 0 Å². The molecule has 1 fully saturated rings. The lowest BCUT2D eigenvalue weighted by Crippen LogP contribution is -2.40. The van der Waals surface area contributed by atoms with Crippen molar-refractivity contribution in [2.45, 2.75) is 25.9 Å². The van der Waals surface area contributed by atoms with Crippen molar-refractivity contribution in [2.24, 2.45) is 0 Å². The molecule has 3 rings (SSSR count). The third-order valence-corrected chi connectivity index (χ3v) is 6.60. The number of anilines is 1. The second-order valence-electron chi connectivity index (χ2n) is 7.28. The summed E-state index contributed by atoms with van der Waals surface area (Å²) < 4.78 is 26.3. The molecule has 0 saturated carbocycles. The highest BCUT2D eigenvalue weighted by atomic mass is 79.9. The number of rotatable bonds is 8. The van der Waals surface area contributed by atoms with E-state index in [0.717, 1.165) is 40.2 Å². The first-order valence-electron chi connectivity index (χ1n) is 9.62. The maximum Gasteiger partial charge on any atom is 0.241 e. The normalized spacial score (nSPS) is 14.7. The Hall–Kier alpha value is -1.90. The summed E-state index contributed by atoms with van der Waals surface area (Å²) in [6, 6.07) is 15.0. The van der Waals surface area contributed by atoms with Gasteiger partial charge in [-0.2, -0.15) is 0 Å². The van der Waals surface area contributed by atoms with Crippen molar-refractivity contribution in [3.63, 3.8) is 0 Å². The fourth-order valence-electron chi connectivity index (χ4n) is 3.48. The van der Waals surface area contributed by atoms with Crippen LogP contribution in [0.4, 0.5) is 5.69 Å². The molecule has 29 heavy (non-hydrogen) atoms. The summed E-state index contributed by atoms with van der Waals surface area (Å²) in [6.07, 6.45) is 3.57. The number of likely N-dealkylation sites (tertiary alicyclic amines) is 1. The van der Waals surface area contributed by atoms with Gasteiger partial charge in [0.1, 0.15) is 6.54 Å². The van der Waals surface area contributed by atoms with E-state index in [2.05, 4.69) is 32.2 Å². The van der Waals surface area contributed by atoms with Gasteiger partial charge in [0.05, 0.1) is 11.9 Å². The van der Waals surface area contributed by atoms with Gasteiger partial charge in [-0.05, 0) is 55.3 Å². The van der Waals surface area contributed by atoms with E-state index >= 15 is 0 Å². The summed E-state index contributed by atoms with van der Waals surface area (Å²) in [7, 11) is -3.59. The van der Waals surface area contributed by atoms with Crippen molar-refractivity contribution in [1.82, 2.24) is 10.2 Å². The summed E-state index contributed by atoms with van der Waals surface area (Å²) >= 11 is 3.34. The average molecular weight is 480 g/mol. The van der Waals surface area contributed by atoms with Crippen LogP contribution < -0.4 is 9.62 Å². The summed E-state index contributed by atoms with van der Waals surface area (Å²) in [5, 5.41) is 2.88. The van der Waals surface area contributed by atoms with Crippen molar-refractivity contribution in [3.05, 3.63) is 64.1 Å². The van der Waals surface area contributed by atoms with E-state index in [1.54, 1.807) is 24.3 Å². The van der Waals surface area contributed by atoms with Crippen molar-refractivity contribution in [3.8, 4) is 0 Å². The van der Waals surface area contributed by atoms with E-state index in [4.69, 9.17) is 0 Å². The lowest BCUT2D eigenvalue weighted by molar-refractivity contribution is -0.119. The third kappa shape index (κ3) is 6.29. The van der Waals surface area contributed by atoms with E-state index in [-0.39, 0.29) is 12.5 Å². The Morgan fingerprint density at radius 1 is 1.10 bits per heavy atom. The Balaban J connectivity index is 1.65. The molecule has 8 heteroatoms. The number of benzene rings is 2. The van der Waals surface area contributed by atoms with Gasteiger partial charge >= 0.3 is 0 Å². The standard InChI is InChI=1S/C21H26BrN3O3S/c1-29(27,28)25(20-10-6-9-19(22)13-20)16-21(26)23-14-17-7-2-3-8-18(17)15-24-11-4-5-12-24/h2-3,6-10,13H,4-5,11-12,14-16H2,1H3,(H,23,26). The molecule has 156 valence electrons. The molecule has 1 N–H and O–H groups in total. The highest BCUT2D eigenvalue weighted by Gasteiger charge is 2.21. The van der Waals surface area contributed by atoms with Crippen LogP contribution in [0.2, 0.25) is 0 Å². The van der Waals surface area contributed by atoms with Crippen LogP contribution in [0.5, 0.6) is 0 Å². The van der Waals surface area contributed by atoms with E-state index < -0.39 is 10.0 Å². The molecule has 1 saturated heterocycles. The Morgan fingerprint density at radius 2 is 1.79 bits per heavy atom.